The largest absolute Gasteiger partial charge is 0.343 e. The van der Waals surface area contributed by atoms with Crippen LogP contribution in [-0.4, -0.2) is 23.9 Å². The van der Waals surface area contributed by atoms with Gasteiger partial charge < -0.3 is 5.32 Å². The monoisotopic (exact) mass is 400 g/mol. The fourth-order valence-electron chi connectivity index (χ4n) is 3.60. The molecule has 0 radical (unpaired) electrons. The van der Waals surface area contributed by atoms with Crippen molar-refractivity contribution in [3.8, 4) is 0 Å². The van der Waals surface area contributed by atoms with Gasteiger partial charge in [0.2, 0.25) is 5.91 Å². The Morgan fingerprint density at radius 2 is 2.04 bits per heavy atom. The summed E-state index contributed by atoms with van der Waals surface area (Å²) in [5.74, 6) is -0.285. The van der Waals surface area contributed by atoms with Crippen LogP contribution < -0.4 is 5.32 Å². The highest BCUT2D eigenvalue weighted by Gasteiger charge is 2.27. The van der Waals surface area contributed by atoms with Crippen molar-refractivity contribution < 1.29 is 9.18 Å². The number of amides is 1. The Morgan fingerprint density at radius 1 is 1.22 bits per heavy atom. The van der Waals surface area contributed by atoms with E-state index in [2.05, 4.69) is 28.6 Å². The highest BCUT2D eigenvalue weighted by atomic mass is 32.1. The molecular weight excluding hydrogens is 379 g/mol. The van der Waals surface area contributed by atoms with E-state index in [0.29, 0.717) is 6.54 Å². The van der Waals surface area contributed by atoms with Gasteiger partial charge in [0, 0.05) is 22.3 Å². The molecule has 3 aromatic rings. The quantitative estimate of drug-likeness (QED) is 0.669. The first-order chi connectivity index (χ1) is 13.1. The molecule has 2 atom stereocenters. The molecule has 3 heterocycles. The Hall–Kier alpha value is -2.02. The minimum absolute atomic E-state index is 0.0109. The first-order valence-corrected chi connectivity index (χ1v) is 10.8. The van der Waals surface area contributed by atoms with Crippen molar-refractivity contribution in [1.82, 2.24) is 10.2 Å². The number of thiophene rings is 2. The first kappa shape index (κ1) is 18.3. The summed E-state index contributed by atoms with van der Waals surface area (Å²) in [5.41, 5.74) is 2.23. The summed E-state index contributed by atoms with van der Waals surface area (Å²) >= 11 is 3.39. The molecule has 1 aliphatic rings. The zero-order chi connectivity index (χ0) is 18.8. The van der Waals surface area contributed by atoms with Gasteiger partial charge >= 0.3 is 0 Å². The highest BCUT2D eigenvalue weighted by molar-refractivity contribution is 7.10. The van der Waals surface area contributed by atoms with Gasteiger partial charge in [0.1, 0.15) is 5.82 Å². The van der Waals surface area contributed by atoms with Crippen molar-refractivity contribution in [1.29, 1.82) is 0 Å². The maximum Gasteiger partial charge on any atom is 0.234 e. The fraction of sp³-hybridized carbons (Fsp3) is 0.286. The minimum Gasteiger partial charge on any atom is -0.343 e. The molecule has 0 spiro atoms. The van der Waals surface area contributed by atoms with Gasteiger partial charge in [0.05, 0.1) is 12.6 Å². The van der Waals surface area contributed by atoms with Crippen LogP contribution in [0.4, 0.5) is 4.39 Å². The van der Waals surface area contributed by atoms with Crippen molar-refractivity contribution in [3.05, 3.63) is 79.9 Å². The van der Waals surface area contributed by atoms with Crippen LogP contribution in [-0.2, 0) is 11.2 Å². The van der Waals surface area contributed by atoms with Crippen molar-refractivity contribution in [2.75, 3.05) is 13.1 Å². The van der Waals surface area contributed by atoms with Crippen molar-refractivity contribution in [2.24, 2.45) is 0 Å². The molecule has 1 aliphatic heterocycles. The molecule has 0 bridgehead atoms. The van der Waals surface area contributed by atoms with Gasteiger partial charge in [-0.1, -0.05) is 18.2 Å². The van der Waals surface area contributed by atoms with E-state index in [0.717, 1.165) is 23.4 Å². The molecule has 0 fully saturated rings. The van der Waals surface area contributed by atoms with Crippen LogP contribution in [0.2, 0.25) is 0 Å². The molecule has 140 valence electrons. The molecule has 0 saturated heterocycles. The second-order valence-electron chi connectivity index (χ2n) is 6.76. The maximum absolute atomic E-state index is 13.3. The zero-order valence-corrected chi connectivity index (χ0v) is 16.7. The molecular formula is C21H21FN2OS2. The number of carbonyl (C=O) groups is 1. The number of fused-ring (bicyclic) bond motifs is 1. The molecule has 1 aromatic carbocycles. The van der Waals surface area contributed by atoms with Crippen molar-refractivity contribution in [3.63, 3.8) is 0 Å². The molecule has 4 rings (SSSR count). The van der Waals surface area contributed by atoms with E-state index in [4.69, 9.17) is 0 Å². The molecule has 1 N–H and O–H groups in total. The van der Waals surface area contributed by atoms with Crippen LogP contribution in [0, 0.1) is 5.82 Å². The van der Waals surface area contributed by atoms with Crippen LogP contribution >= 0.6 is 22.7 Å². The predicted molar refractivity (Wildman–Crippen MR) is 109 cm³/mol. The van der Waals surface area contributed by atoms with Crippen LogP contribution in [0.15, 0.2) is 53.2 Å². The van der Waals surface area contributed by atoms with Crippen molar-refractivity contribution >= 4 is 28.6 Å². The summed E-state index contributed by atoms with van der Waals surface area (Å²) < 4.78 is 13.3. The number of benzene rings is 1. The minimum atomic E-state index is -0.274. The predicted octanol–water partition coefficient (Wildman–Crippen LogP) is 4.77. The van der Waals surface area contributed by atoms with Crippen LogP contribution in [0.5, 0.6) is 0 Å². The summed E-state index contributed by atoms with van der Waals surface area (Å²) in [6, 6.07) is 12.5. The molecule has 0 unspecified atom stereocenters. The van der Waals surface area contributed by atoms with E-state index in [1.54, 1.807) is 34.8 Å². The molecule has 1 amide bonds. The summed E-state index contributed by atoms with van der Waals surface area (Å²) in [5, 5.41) is 7.27. The lowest BCUT2D eigenvalue weighted by Gasteiger charge is -2.33. The third-order valence-electron chi connectivity index (χ3n) is 5.09. The van der Waals surface area contributed by atoms with E-state index in [-0.39, 0.29) is 23.8 Å². The molecule has 27 heavy (non-hydrogen) atoms. The summed E-state index contributed by atoms with van der Waals surface area (Å²) in [6.45, 7) is 3.41. The van der Waals surface area contributed by atoms with E-state index < -0.39 is 0 Å². The van der Waals surface area contributed by atoms with Gasteiger partial charge in [-0.2, -0.15) is 0 Å². The van der Waals surface area contributed by atoms with E-state index in [1.807, 2.05) is 17.5 Å². The second kappa shape index (κ2) is 7.92. The Bertz CT molecular complexity index is 905. The lowest BCUT2D eigenvalue weighted by atomic mass is 10.0. The zero-order valence-electron chi connectivity index (χ0n) is 15.0. The Kier molecular flexibility index (Phi) is 5.38. The SMILES string of the molecule is C[C@@H]1c2ccsc2CCN1CC(=O)N[C@@H](c1ccc(F)cc1)c1cccs1. The average molecular weight is 401 g/mol. The Labute approximate surface area is 166 Å². The number of nitrogens with one attached hydrogen (secondary N) is 1. The maximum atomic E-state index is 13.3. The van der Waals surface area contributed by atoms with Crippen LogP contribution in [0.3, 0.4) is 0 Å². The number of nitrogens with zero attached hydrogens (tertiary/aromatic N) is 1. The second-order valence-corrected chi connectivity index (χ2v) is 8.74. The smallest absolute Gasteiger partial charge is 0.234 e. The molecule has 2 aromatic heterocycles. The van der Waals surface area contributed by atoms with Gasteiger partial charge in [0.25, 0.3) is 0 Å². The summed E-state index contributed by atoms with van der Waals surface area (Å²) in [4.78, 5) is 17.5. The van der Waals surface area contributed by atoms with Gasteiger partial charge in [-0.05, 0) is 59.5 Å². The van der Waals surface area contributed by atoms with Gasteiger partial charge in [-0.15, -0.1) is 22.7 Å². The lowest BCUT2D eigenvalue weighted by molar-refractivity contribution is -0.123. The lowest BCUT2D eigenvalue weighted by Crippen LogP contribution is -2.42. The van der Waals surface area contributed by atoms with Gasteiger partial charge in [-0.3, -0.25) is 9.69 Å². The summed E-state index contributed by atoms with van der Waals surface area (Å²) in [7, 11) is 0. The number of carbonyl (C=O) groups excluding carboxylic acids is 1. The summed E-state index contributed by atoms with van der Waals surface area (Å²) in [6.07, 6.45) is 0.997. The van der Waals surface area contributed by atoms with Crippen LogP contribution in [0.25, 0.3) is 0 Å². The fourth-order valence-corrected chi connectivity index (χ4v) is 5.36. The third-order valence-corrected chi connectivity index (χ3v) is 7.02. The third kappa shape index (κ3) is 3.98. The van der Waals surface area contributed by atoms with E-state index >= 15 is 0 Å². The van der Waals surface area contributed by atoms with Gasteiger partial charge in [0.15, 0.2) is 0 Å². The number of hydrogen-bond acceptors (Lipinski definition) is 4. The highest BCUT2D eigenvalue weighted by Crippen LogP contribution is 2.32. The molecule has 6 heteroatoms. The number of hydrogen-bond donors (Lipinski definition) is 1. The topological polar surface area (TPSA) is 32.3 Å². The average Bonchev–Trinajstić information content (AvgIpc) is 3.35. The normalized spacial score (nSPS) is 18.1. The molecule has 0 saturated carbocycles. The number of halogens is 1. The molecule has 0 aliphatic carbocycles. The first-order valence-electron chi connectivity index (χ1n) is 9.00. The Balaban J connectivity index is 1.48. The van der Waals surface area contributed by atoms with Crippen molar-refractivity contribution in [2.45, 2.75) is 25.4 Å². The van der Waals surface area contributed by atoms with Gasteiger partial charge in [-0.25, -0.2) is 4.39 Å². The molecule has 3 nitrogen and oxygen atoms in total. The number of rotatable bonds is 5. The van der Waals surface area contributed by atoms with E-state index in [9.17, 15) is 9.18 Å². The van der Waals surface area contributed by atoms with E-state index in [1.165, 1.54) is 22.6 Å². The standard InChI is InChI=1S/C21H21FN2OS2/c1-14-17-9-12-27-18(17)8-10-24(14)13-20(25)23-21(19-3-2-11-26-19)15-4-6-16(22)7-5-15/h2-7,9,11-12,14,21H,8,10,13H2,1H3,(H,23,25)/t14-,21+/m1/s1. The van der Waals surface area contributed by atoms with Crippen LogP contribution in [0.1, 0.15) is 39.9 Å². The Morgan fingerprint density at radius 3 is 2.78 bits per heavy atom.